The average Bonchev–Trinajstić information content (AvgIpc) is 3.22. The SMILES string of the molecule is COc1ccc(CNC(=O)[C@H]2CCCN(c3nccn4nc5c(c34)CCCC5)C2)cc1. The molecule has 1 atom stereocenters. The lowest BCUT2D eigenvalue weighted by Gasteiger charge is -2.33. The van der Waals surface area contributed by atoms with E-state index in [9.17, 15) is 4.79 Å². The van der Waals surface area contributed by atoms with Gasteiger partial charge in [-0.3, -0.25) is 4.79 Å². The standard InChI is InChI=1S/C24H29N5O2/c1-31-19-10-8-17(9-11-19)15-26-24(30)18-5-4-13-28(16-18)23-22-20-6-2-3-7-21(20)27-29(22)14-12-25-23/h8-12,14,18H,2-7,13,15-16H2,1H3,(H,26,30)/t18-/m0/s1. The van der Waals surface area contributed by atoms with Crippen molar-refractivity contribution in [2.24, 2.45) is 5.92 Å². The molecule has 1 aliphatic heterocycles. The number of aryl methyl sites for hydroxylation is 2. The van der Waals surface area contributed by atoms with Crippen LogP contribution in [0.1, 0.15) is 42.5 Å². The lowest BCUT2D eigenvalue weighted by atomic mass is 9.95. The van der Waals surface area contributed by atoms with Crippen molar-refractivity contribution in [3.8, 4) is 5.75 Å². The molecule has 5 rings (SSSR count). The van der Waals surface area contributed by atoms with Crippen LogP contribution in [0.4, 0.5) is 5.82 Å². The van der Waals surface area contributed by atoms with Crippen LogP contribution >= 0.6 is 0 Å². The van der Waals surface area contributed by atoms with Crippen molar-refractivity contribution in [1.29, 1.82) is 0 Å². The highest BCUT2D eigenvalue weighted by atomic mass is 16.5. The molecule has 1 aliphatic carbocycles. The Bertz CT molecular complexity index is 1080. The normalized spacial score (nSPS) is 18.6. The van der Waals surface area contributed by atoms with Crippen LogP contribution in [0.25, 0.3) is 5.52 Å². The smallest absolute Gasteiger partial charge is 0.225 e. The van der Waals surface area contributed by atoms with Gasteiger partial charge in [-0.25, -0.2) is 9.50 Å². The van der Waals surface area contributed by atoms with Gasteiger partial charge in [-0.05, 0) is 56.2 Å². The molecule has 0 saturated carbocycles. The maximum atomic E-state index is 12.9. The van der Waals surface area contributed by atoms with E-state index in [-0.39, 0.29) is 11.8 Å². The van der Waals surface area contributed by atoms with Gasteiger partial charge in [0.15, 0.2) is 5.82 Å². The summed E-state index contributed by atoms with van der Waals surface area (Å²) in [5.41, 5.74) is 4.77. The number of rotatable bonds is 5. The van der Waals surface area contributed by atoms with Crippen molar-refractivity contribution >= 4 is 17.2 Å². The number of ether oxygens (including phenoxy) is 1. The Hall–Kier alpha value is -3.09. The molecule has 31 heavy (non-hydrogen) atoms. The minimum absolute atomic E-state index is 0.0344. The highest BCUT2D eigenvalue weighted by Gasteiger charge is 2.29. The molecule has 3 heterocycles. The number of anilines is 1. The third-order valence-electron chi connectivity index (χ3n) is 6.52. The zero-order valence-electron chi connectivity index (χ0n) is 18.0. The molecule has 162 valence electrons. The number of aromatic nitrogens is 3. The van der Waals surface area contributed by atoms with Crippen molar-refractivity contribution in [2.75, 3.05) is 25.1 Å². The first-order valence-corrected chi connectivity index (χ1v) is 11.2. The van der Waals surface area contributed by atoms with E-state index in [0.717, 1.165) is 54.9 Å². The Morgan fingerprint density at radius 3 is 2.87 bits per heavy atom. The Morgan fingerprint density at radius 2 is 2.03 bits per heavy atom. The van der Waals surface area contributed by atoms with Crippen LogP contribution in [0.2, 0.25) is 0 Å². The summed E-state index contributed by atoms with van der Waals surface area (Å²) in [6, 6.07) is 7.81. The zero-order chi connectivity index (χ0) is 21.2. The summed E-state index contributed by atoms with van der Waals surface area (Å²) in [5, 5.41) is 7.92. The van der Waals surface area contributed by atoms with Gasteiger partial charge in [0.25, 0.3) is 0 Å². The lowest BCUT2D eigenvalue weighted by molar-refractivity contribution is -0.125. The molecule has 2 aromatic heterocycles. The van der Waals surface area contributed by atoms with Crippen molar-refractivity contribution in [3.63, 3.8) is 0 Å². The van der Waals surface area contributed by atoms with Gasteiger partial charge in [0.2, 0.25) is 5.91 Å². The Kier molecular flexibility index (Phi) is 5.49. The first-order chi connectivity index (χ1) is 15.2. The number of amides is 1. The second-order valence-electron chi connectivity index (χ2n) is 8.53. The maximum absolute atomic E-state index is 12.9. The summed E-state index contributed by atoms with van der Waals surface area (Å²) < 4.78 is 7.19. The number of fused-ring (bicyclic) bond motifs is 3. The first kappa shape index (κ1) is 19.8. The van der Waals surface area contributed by atoms with E-state index in [1.807, 2.05) is 41.2 Å². The van der Waals surface area contributed by atoms with Gasteiger partial charge in [-0.2, -0.15) is 5.10 Å². The van der Waals surface area contributed by atoms with E-state index < -0.39 is 0 Å². The van der Waals surface area contributed by atoms with Crippen LogP contribution in [0, 0.1) is 5.92 Å². The highest BCUT2D eigenvalue weighted by Crippen LogP contribution is 2.32. The molecule has 0 spiro atoms. The molecule has 1 aromatic carbocycles. The Labute approximate surface area is 182 Å². The van der Waals surface area contributed by atoms with E-state index in [4.69, 9.17) is 14.8 Å². The predicted octanol–water partition coefficient (Wildman–Crippen LogP) is 3.15. The minimum Gasteiger partial charge on any atom is -0.497 e. The summed E-state index contributed by atoms with van der Waals surface area (Å²) in [5.74, 6) is 1.88. The fourth-order valence-corrected chi connectivity index (χ4v) is 4.84. The van der Waals surface area contributed by atoms with Gasteiger partial charge < -0.3 is 15.0 Å². The molecule has 1 saturated heterocycles. The number of hydrogen-bond acceptors (Lipinski definition) is 5. The number of carbonyl (C=O) groups excluding carboxylic acids is 1. The zero-order valence-corrected chi connectivity index (χ0v) is 18.0. The molecule has 1 N–H and O–H groups in total. The van der Waals surface area contributed by atoms with Gasteiger partial charge >= 0.3 is 0 Å². The molecule has 1 amide bonds. The molecular formula is C24H29N5O2. The van der Waals surface area contributed by atoms with Crippen LogP contribution < -0.4 is 15.0 Å². The number of carbonyl (C=O) groups is 1. The van der Waals surface area contributed by atoms with Gasteiger partial charge in [-0.1, -0.05) is 12.1 Å². The second kappa shape index (κ2) is 8.57. The molecule has 0 unspecified atom stereocenters. The van der Waals surface area contributed by atoms with Crippen LogP contribution in [-0.4, -0.2) is 40.7 Å². The number of methoxy groups -OCH3 is 1. The summed E-state index contributed by atoms with van der Waals surface area (Å²) in [4.78, 5) is 19.9. The summed E-state index contributed by atoms with van der Waals surface area (Å²) in [6.07, 6.45) is 10.2. The highest BCUT2D eigenvalue weighted by molar-refractivity contribution is 5.80. The molecule has 7 nitrogen and oxygen atoms in total. The van der Waals surface area contributed by atoms with E-state index >= 15 is 0 Å². The number of piperidine rings is 1. The van der Waals surface area contributed by atoms with Crippen LogP contribution in [-0.2, 0) is 24.2 Å². The Balaban J connectivity index is 1.30. The third-order valence-corrected chi connectivity index (χ3v) is 6.52. The largest absolute Gasteiger partial charge is 0.497 e. The summed E-state index contributed by atoms with van der Waals surface area (Å²) in [6.45, 7) is 2.15. The fraction of sp³-hybridized carbons (Fsp3) is 0.458. The third kappa shape index (κ3) is 3.96. The van der Waals surface area contributed by atoms with Gasteiger partial charge in [0, 0.05) is 37.6 Å². The molecule has 3 aromatic rings. The number of nitrogens with one attached hydrogen (secondary N) is 1. The van der Waals surface area contributed by atoms with E-state index in [2.05, 4.69) is 10.2 Å². The molecule has 7 heteroatoms. The first-order valence-electron chi connectivity index (χ1n) is 11.2. The van der Waals surface area contributed by atoms with Crippen molar-refractivity contribution in [1.82, 2.24) is 19.9 Å². The molecule has 0 bridgehead atoms. The van der Waals surface area contributed by atoms with Crippen LogP contribution in [0.15, 0.2) is 36.7 Å². The number of nitrogens with zero attached hydrogens (tertiary/aromatic N) is 4. The number of hydrogen-bond donors (Lipinski definition) is 1. The number of benzene rings is 1. The molecule has 0 radical (unpaired) electrons. The summed E-state index contributed by atoms with van der Waals surface area (Å²) >= 11 is 0. The van der Waals surface area contributed by atoms with E-state index in [1.165, 1.54) is 24.1 Å². The monoisotopic (exact) mass is 419 g/mol. The van der Waals surface area contributed by atoms with Gasteiger partial charge in [-0.15, -0.1) is 0 Å². The van der Waals surface area contributed by atoms with Gasteiger partial charge in [0.1, 0.15) is 11.3 Å². The van der Waals surface area contributed by atoms with Crippen molar-refractivity contribution < 1.29 is 9.53 Å². The average molecular weight is 420 g/mol. The molecule has 2 aliphatic rings. The predicted molar refractivity (Wildman–Crippen MR) is 119 cm³/mol. The van der Waals surface area contributed by atoms with Gasteiger partial charge in [0.05, 0.1) is 18.7 Å². The topological polar surface area (TPSA) is 71.8 Å². The van der Waals surface area contributed by atoms with E-state index in [1.54, 1.807) is 7.11 Å². The molecule has 1 fully saturated rings. The molecular weight excluding hydrogens is 390 g/mol. The van der Waals surface area contributed by atoms with Crippen molar-refractivity contribution in [2.45, 2.75) is 45.1 Å². The Morgan fingerprint density at radius 1 is 1.19 bits per heavy atom. The summed E-state index contributed by atoms with van der Waals surface area (Å²) in [7, 11) is 1.65. The second-order valence-corrected chi connectivity index (χ2v) is 8.53. The maximum Gasteiger partial charge on any atom is 0.225 e. The van der Waals surface area contributed by atoms with E-state index in [0.29, 0.717) is 13.1 Å². The minimum atomic E-state index is -0.0344. The fourth-order valence-electron chi connectivity index (χ4n) is 4.84. The van der Waals surface area contributed by atoms with Crippen LogP contribution in [0.3, 0.4) is 0 Å². The van der Waals surface area contributed by atoms with Crippen molar-refractivity contribution in [3.05, 3.63) is 53.5 Å². The lowest BCUT2D eigenvalue weighted by Crippen LogP contribution is -2.43. The van der Waals surface area contributed by atoms with Crippen LogP contribution in [0.5, 0.6) is 5.75 Å². The quantitative estimate of drug-likeness (QED) is 0.688.